The van der Waals surface area contributed by atoms with E-state index in [1.807, 2.05) is 7.05 Å². The quantitative estimate of drug-likeness (QED) is 0.814. The maximum atomic E-state index is 12.3. The van der Waals surface area contributed by atoms with Crippen LogP contribution in [0.25, 0.3) is 0 Å². The van der Waals surface area contributed by atoms with Crippen molar-refractivity contribution in [1.82, 2.24) is 14.3 Å². The fourth-order valence-electron chi connectivity index (χ4n) is 3.01. The van der Waals surface area contributed by atoms with Gasteiger partial charge in [-0.15, -0.1) is 0 Å². The van der Waals surface area contributed by atoms with Crippen LogP contribution in [-0.2, 0) is 10.2 Å². The Kier molecular flexibility index (Phi) is 5.22. The Balaban J connectivity index is 1.84. The third kappa shape index (κ3) is 4.15. The van der Waals surface area contributed by atoms with Crippen molar-refractivity contribution in [3.63, 3.8) is 0 Å². The highest BCUT2D eigenvalue weighted by Crippen LogP contribution is 2.22. The van der Waals surface area contributed by atoms with Crippen molar-refractivity contribution < 1.29 is 8.42 Å². The van der Waals surface area contributed by atoms with Gasteiger partial charge in [-0.3, -0.25) is 0 Å². The van der Waals surface area contributed by atoms with Crippen molar-refractivity contribution in [2.24, 2.45) is 5.92 Å². The Morgan fingerprint density at radius 3 is 2.00 bits per heavy atom. The standard InChI is InChI=1S/C13H27N3O2S/c1-11-7-9-16(10-8-11)19(17,18)15-13-5-3-12(14-2)4-6-13/h11-15H,3-10H2,1-2H3. The molecule has 0 aromatic rings. The van der Waals surface area contributed by atoms with E-state index in [0.717, 1.165) is 38.5 Å². The number of nitrogens with zero attached hydrogens (tertiary/aromatic N) is 1. The van der Waals surface area contributed by atoms with Gasteiger partial charge in [0, 0.05) is 25.2 Å². The van der Waals surface area contributed by atoms with Gasteiger partial charge >= 0.3 is 0 Å². The van der Waals surface area contributed by atoms with Gasteiger partial charge in [-0.2, -0.15) is 17.4 Å². The summed E-state index contributed by atoms with van der Waals surface area (Å²) < 4.78 is 29.1. The predicted molar refractivity (Wildman–Crippen MR) is 77.1 cm³/mol. The molecule has 1 heterocycles. The lowest BCUT2D eigenvalue weighted by molar-refractivity contribution is 0.277. The van der Waals surface area contributed by atoms with Gasteiger partial charge in [0.15, 0.2) is 0 Å². The van der Waals surface area contributed by atoms with Crippen LogP contribution in [0.15, 0.2) is 0 Å². The van der Waals surface area contributed by atoms with Crippen LogP contribution in [0.5, 0.6) is 0 Å². The number of nitrogens with one attached hydrogen (secondary N) is 2. The SMILES string of the molecule is CNC1CCC(NS(=O)(=O)N2CCC(C)CC2)CC1. The summed E-state index contributed by atoms with van der Waals surface area (Å²) in [5, 5.41) is 3.27. The monoisotopic (exact) mass is 289 g/mol. The Bertz CT molecular complexity index is 369. The second-order valence-corrected chi connectivity index (χ2v) is 7.74. The van der Waals surface area contributed by atoms with Gasteiger partial charge in [0.25, 0.3) is 10.2 Å². The van der Waals surface area contributed by atoms with Gasteiger partial charge in [-0.1, -0.05) is 6.92 Å². The fraction of sp³-hybridized carbons (Fsp3) is 1.00. The van der Waals surface area contributed by atoms with Crippen molar-refractivity contribution in [3.05, 3.63) is 0 Å². The molecule has 0 bridgehead atoms. The van der Waals surface area contributed by atoms with Gasteiger partial charge in [0.2, 0.25) is 0 Å². The highest BCUT2D eigenvalue weighted by Gasteiger charge is 2.30. The molecule has 5 nitrogen and oxygen atoms in total. The molecular formula is C13H27N3O2S. The van der Waals surface area contributed by atoms with E-state index in [1.54, 1.807) is 4.31 Å². The highest BCUT2D eigenvalue weighted by atomic mass is 32.2. The summed E-state index contributed by atoms with van der Waals surface area (Å²) in [7, 11) is -1.29. The Hall–Kier alpha value is -0.170. The van der Waals surface area contributed by atoms with E-state index in [2.05, 4.69) is 17.0 Å². The van der Waals surface area contributed by atoms with Gasteiger partial charge in [-0.05, 0) is 51.5 Å². The lowest BCUT2D eigenvalue weighted by Gasteiger charge is -2.33. The van der Waals surface area contributed by atoms with Crippen LogP contribution in [0.1, 0.15) is 45.4 Å². The lowest BCUT2D eigenvalue weighted by atomic mass is 9.92. The first-order valence-corrected chi connectivity index (χ1v) is 8.90. The summed E-state index contributed by atoms with van der Waals surface area (Å²) >= 11 is 0. The third-order valence-electron chi connectivity index (χ3n) is 4.53. The molecule has 0 unspecified atom stereocenters. The van der Waals surface area contributed by atoms with Gasteiger partial charge in [0.05, 0.1) is 0 Å². The molecule has 0 amide bonds. The van der Waals surface area contributed by atoms with E-state index < -0.39 is 10.2 Å². The number of hydrogen-bond acceptors (Lipinski definition) is 3. The Labute approximate surface area is 117 Å². The summed E-state index contributed by atoms with van der Waals surface area (Å²) in [6, 6.07) is 0.672. The van der Waals surface area contributed by atoms with Gasteiger partial charge in [-0.25, -0.2) is 0 Å². The molecule has 2 aliphatic rings. The molecule has 0 aromatic carbocycles. The molecule has 0 atom stereocenters. The Morgan fingerprint density at radius 2 is 1.47 bits per heavy atom. The maximum Gasteiger partial charge on any atom is 0.279 e. The van der Waals surface area contributed by atoms with Crippen molar-refractivity contribution in [2.75, 3.05) is 20.1 Å². The summed E-state index contributed by atoms with van der Waals surface area (Å²) in [6.07, 6.45) is 5.95. The smallest absolute Gasteiger partial charge is 0.279 e. The van der Waals surface area contributed by atoms with E-state index in [4.69, 9.17) is 0 Å². The van der Waals surface area contributed by atoms with Crippen LogP contribution in [0.3, 0.4) is 0 Å². The normalized spacial score (nSPS) is 31.5. The molecular weight excluding hydrogens is 262 g/mol. The van der Waals surface area contributed by atoms with Crippen molar-refractivity contribution in [2.45, 2.75) is 57.5 Å². The molecule has 2 N–H and O–H groups in total. The minimum Gasteiger partial charge on any atom is -0.317 e. The first kappa shape index (κ1) is 15.2. The molecule has 112 valence electrons. The molecule has 6 heteroatoms. The molecule has 1 aliphatic heterocycles. The second kappa shape index (κ2) is 6.52. The molecule has 19 heavy (non-hydrogen) atoms. The minimum absolute atomic E-state index is 0.119. The van der Waals surface area contributed by atoms with E-state index in [9.17, 15) is 8.42 Å². The summed E-state index contributed by atoms with van der Waals surface area (Å²) in [5.41, 5.74) is 0. The highest BCUT2D eigenvalue weighted by molar-refractivity contribution is 7.87. The minimum atomic E-state index is -3.27. The number of hydrogen-bond donors (Lipinski definition) is 2. The zero-order chi connectivity index (χ0) is 13.9. The van der Waals surface area contributed by atoms with E-state index in [0.29, 0.717) is 25.0 Å². The van der Waals surface area contributed by atoms with Gasteiger partial charge in [0.1, 0.15) is 0 Å². The summed E-state index contributed by atoms with van der Waals surface area (Å²) in [6.45, 7) is 3.53. The number of rotatable bonds is 4. The molecule has 0 spiro atoms. The topological polar surface area (TPSA) is 61.4 Å². The summed E-state index contributed by atoms with van der Waals surface area (Å²) in [5.74, 6) is 0.650. The van der Waals surface area contributed by atoms with Crippen LogP contribution < -0.4 is 10.0 Å². The predicted octanol–water partition coefficient (Wildman–Crippen LogP) is 1.08. The second-order valence-electron chi connectivity index (χ2n) is 6.04. The van der Waals surface area contributed by atoms with Crippen LogP contribution in [0.2, 0.25) is 0 Å². The molecule has 2 rings (SSSR count). The average Bonchev–Trinajstić information content (AvgIpc) is 2.40. The van der Waals surface area contributed by atoms with Gasteiger partial charge < -0.3 is 5.32 Å². The van der Waals surface area contributed by atoms with E-state index in [1.165, 1.54) is 0 Å². The number of piperidine rings is 1. The zero-order valence-electron chi connectivity index (χ0n) is 12.1. The lowest BCUT2D eigenvalue weighted by Crippen LogP contribution is -2.49. The van der Waals surface area contributed by atoms with Crippen molar-refractivity contribution in [3.8, 4) is 0 Å². The maximum absolute atomic E-state index is 12.3. The van der Waals surface area contributed by atoms with Crippen LogP contribution in [-0.4, -0.2) is 44.9 Å². The first-order valence-electron chi connectivity index (χ1n) is 7.46. The molecule has 0 aromatic heterocycles. The third-order valence-corrected chi connectivity index (χ3v) is 6.21. The van der Waals surface area contributed by atoms with Crippen LogP contribution in [0.4, 0.5) is 0 Å². The zero-order valence-corrected chi connectivity index (χ0v) is 12.9. The molecule has 1 saturated carbocycles. The molecule has 1 aliphatic carbocycles. The largest absolute Gasteiger partial charge is 0.317 e. The average molecular weight is 289 g/mol. The first-order chi connectivity index (χ1) is 9.01. The molecule has 0 radical (unpaired) electrons. The van der Waals surface area contributed by atoms with Crippen molar-refractivity contribution >= 4 is 10.2 Å². The van der Waals surface area contributed by atoms with Crippen LogP contribution in [0, 0.1) is 5.92 Å². The summed E-state index contributed by atoms with van der Waals surface area (Å²) in [4.78, 5) is 0. The Morgan fingerprint density at radius 1 is 0.947 bits per heavy atom. The molecule has 1 saturated heterocycles. The van der Waals surface area contributed by atoms with Crippen LogP contribution >= 0.6 is 0 Å². The fourth-order valence-corrected chi connectivity index (χ4v) is 4.51. The van der Waals surface area contributed by atoms with E-state index in [-0.39, 0.29) is 6.04 Å². The van der Waals surface area contributed by atoms with Crippen molar-refractivity contribution in [1.29, 1.82) is 0 Å². The molecule has 2 fully saturated rings. The van der Waals surface area contributed by atoms with E-state index >= 15 is 0 Å².